The molecule has 0 aliphatic heterocycles. The van der Waals surface area contributed by atoms with Crippen LogP contribution >= 0.6 is 0 Å². The maximum Gasteiger partial charge on any atom is 0.244 e. The quantitative estimate of drug-likeness (QED) is 0.312. The molecule has 5 nitrogen and oxygen atoms in total. The van der Waals surface area contributed by atoms with Gasteiger partial charge >= 0.3 is 0 Å². The summed E-state index contributed by atoms with van der Waals surface area (Å²) >= 11 is 0. The molecule has 0 atom stereocenters. The summed E-state index contributed by atoms with van der Waals surface area (Å²) in [6, 6.07) is 11.8. The van der Waals surface area contributed by atoms with E-state index in [1.165, 1.54) is 0 Å². The molecule has 3 rings (SSSR count). The van der Waals surface area contributed by atoms with Crippen molar-refractivity contribution in [1.29, 1.82) is 0 Å². The standard InChI is InChI=1S/C26H31NO4/c1-5-7-10-13-27-26(28)14-18(3)20-15-21-22(19-11-8-9-12-23(19)29-4)17-31-25(21)16-24(20)30-6-2/h8-9,11-12,14-17H,5-7,10,13H2,1-4H3,(H,27,28)/b18-14+. The minimum absolute atomic E-state index is 0.0895. The molecule has 1 aromatic heterocycles. The summed E-state index contributed by atoms with van der Waals surface area (Å²) in [6.07, 6.45) is 6.60. The van der Waals surface area contributed by atoms with Crippen LogP contribution in [0.15, 0.2) is 53.2 Å². The number of hydrogen-bond donors (Lipinski definition) is 1. The molecule has 0 aliphatic rings. The molecular formula is C26H31NO4. The van der Waals surface area contributed by atoms with E-state index in [1.54, 1.807) is 19.4 Å². The number of carbonyl (C=O) groups excluding carboxylic acids is 1. The molecule has 0 fully saturated rings. The van der Waals surface area contributed by atoms with Gasteiger partial charge in [0.05, 0.1) is 20.0 Å². The highest BCUT2D eigenvalue weighted by molar-refractivity contribution is 6.01. The maximum atomic E-state index is 12.4. The molecule has 0 bridgehead atoms. The van der Waals surface area contributed by atoms with Crippen molar-refractivity contribution in [2.45, 2.75) is 40.0 Å². The SMILES string of the molecule is CCCCCNC(=O)/C=C(\C)c1cc2c(-c3ccccc3OC)coc2cc1OCC. The van der Waals surface area contributed by atoms with Crippen LogP contribution < -0.4 is 14.8 Å². The van der Waals surface area contributed by atoms with Crippen molar-refractivity contribution in [2.24, 2.45) is 0 Å². The summed E-state index contributed by atoms with van der Waals surface area (Å²) in [4.78, 5) is 12.4. The molecule has 0 saturated heterocycles. The lowest BCUT2D eigenvalue weighted by molar-refractivity contribution is -0.116. The summed E-state index contributed by atoms with van der Waals surface area (Å²) in [6.45, 7) is 7.23. The van der Waals surface area contributed by atoms with Gasteiger partial charge in [0.1, 0.15) is 17.1 Å². The van der Waals surface area contributed by atoms with Crippen LogP contribution in [0.2, 0.25) is 0 Å². The molecule has 31 heavy (non-hydrogen) atoms. The molecule has 0 spiro atoms. The molecule has 0 unspecified atom stereocenters. The Balaban J connectivity index is 2.00. The molecule has 0 aliphatic carbocycles. The van der Waals surface area contributed by atoms with Crippen molar-refractivity contribution < 1.29 is 18.7 Å². The molecule has 0 radical (unpaired) electrons. The van der Waals surface area contributed by atoms with Crippen LogP contribution in [-0.4, -0.2) is 26.2 Å². The smallest absolute Gasteiger partial charge is 0.244 e. The zero-order valence-electron chi connectivity index (χ0n) is 18.8. The number of unbranched alkanes of at least 4 members (excludes halogenated alkanes) is 2. The second-order valence-corrected chi connectivity index (χ2v) is 7.45. The molecule has 1 heterocycles. The number of benzene rings is 2. The zero-order valence-corrected chi connectivity index (χ0v) is 18.8. The summed E-state index contributed by atoms with van der Waals surface area (Å²) in [5.41, 5.74) is 4.33. The van der Waals surface area contributed by atoms with Gasteiger partial charge in [-0.2, -0.15) is 0 Å². The van der Waals surface area contributed by atoms with Gasteiger partial charge in [-0.3, -0.25) is 4.79 Å². The molecule has 164 valence electrons. The van der Waals surface area contributed by atoms with E-state index in [1.807, 2.05) is 50.2 Å². The Bertz CT molecular complexity index is 1060. The number of hydrogen-bond acceptors (Lipinski definition) is 4. The maximum absolute atomic E-state index is 12.4. The molecule has 2 aromatic carbocycles. The zero-order chi connectivity index (χ0) is 22.2. The lowest BCUT2D eigenvalue weighted by Crippen LogP contribution is -2.22. The average Bonchev–Trinajstić information content (AvgIpc) is 3.19. The van der Waals surface area contributed by atoms with Gasteiger partial charge < -0.3 is 19.2 Å². The number of rotatable bonds is 10. The Morgan fingerprint density at radius 2 is 1.90 bits per heavy atom. The first kappa shape index (κ1) is 22.5. The Morgan fingerprint density at radius 3 is 2.65 bits per heavy atom. The summed E-state index contributed by atoms with van der Waals surface area (Å²) in [7, 11) is 1.66. The first-order valence-corrected chi connectivity index (χ1v) is 10.9. The fourth-order valence-corrected chi connectivity index (χ4v) is 3.63. The van der Waals surface area contributed by atoms with E-state index in [4.69, 9.17) is 13.9 Å². The predicted molar refractivity (Wildman–Crippen MR) is 126 cm³/mol. The summed E-state index contributed by atoms with van der Waals surface area (Å²) in [5.74, 6) is 1.39. The highest BCUT2D eigenvalue weighted by atomic mass is 16.5. The van der Waals surface area contributed by atoms with Crippen LogP contribution in [0.5, 0.6) is 11.5 Å². The lowest BCUT2D eigenvalue weighted by Gasteiger charge is -2.12. The molecular weight excluding hydrogens is 390 g/mol. The topological polar surface area (TPSA) is 60.7 Å². The monoisotopic (exact) mass is 421 g/mol. The first-order valence-electron chi connectivity index (χ1n) is 10.9. The second kappa shape index (κ2) is 10.7. The van der Waals surface area contributed by atoms with Crippen LogP contribution in [0, 0.1) is 0 Å². The third-order valence-corrected chi connectivity index (χ3v) is 5.22. The van der Waals surface area contributed by atoms with Gasteiger partial charge in [-0.15, -0.1) is 0 Å². The first-order chi connectivity index (χ1) is 15.1. The van der Waals surface area contributed by atoms with Crippen molar-refractivity contribution in [3.63, 3.8) is 0 Å². The fraction of sp³-hybridized carbons (Fsp3) is 0.346. The van der Waals surface area contributed by atoms with Crippen molar-refractivity contribution in [3.8, 4) is 22.6 Å². The summed E-state index contributed by atoms with van der Waals surface area (Å²) < 4.78 is 17.2. The number of para-hydroxylation sites is 1. The number of carbonyl (C=O) groups is 1. The normalized spacial score (nSPS) is 11.5. The number of nitrogens with one attached hydrogen (secondary N) is 1. The van der Waals surface area contributed by atoms with E-state index in [-0.39, 0.29) is 5.91 Å². The van der Waals surface area contributed by atoms with Crippen LogP contribution in [0.3, 0.4) is 0 Å². The molecule has 3 aromatic rings. The third-order valence-electron chi connectivity index (χ3n) is 5.22. The van der Waals surface area contributed by atoms with E-state index < -0.39 is 0 Å². The minimum Gasteiger partial charge on any atom is -0.496 e. The largest absolute Gasteiger partial charge is 0.496 e. The summed E-state index contributed by atoms with van der Waals surface area (Å²) in [5, 5.41) is 3.91. The van der Waals surface area contributed by atoms with E-state index in [0.717, 1.165) is 58.2 Å². The number of amides is 1. The predicted octanol–water partition coefficient (Wildman–Crippen LogP) is 6.22. The van der Waals surface area contributed by atoms with Crippen LogP contribution in [0.25, 0.3) is 27.7 Å². The van der Waals surface area contributed by atoms with Gasteiger partial charge in [-0.05, 0) is 38.0 Å². The van der Waals surface area contributed by atoms with Gasteiger partial charge in [-0.25, -0.2) is 0 Å². The Labute approximate surface area is 184 Å². The van der Waals surface area contributed by atoms with E-state index in [0.29, 0.717) is 18.9 Å². The highest BCUT2D eigenvalue weighted by Gasteiger charge is 2.17. The minimum atomic E-state index is -0.0895. The second-order valence-electron chi connectivity index (χ2n) is 7.45. The lowest BCUT2D eigenvalue weighted by atomic mass is 9.98. The number of fused-ring (bicyclic) bond motifs is 1. The molecule has 0 saturated carbocycles. The Morgan fingerprint density at radius 1 is 1.10 bits per heavy atom. The van der Waals surface area contributed by atoms with E-state index in [2.05, 4.69) is 12.2 Å². The van der Waals surface area contributed by atoms with Crippen molar-refractivity contribution in [3.05, 3.63) is 54.3 Å². The van der Waals surface area contributed by atoms with Crippen molar-refractivity contribution >= 4 is 22.4 Å². The number of ether oxygens (including phenoxy) is 2. The number of furan rings is 1. The Hall–Kier alpha value is -3.21. The van der Waals surface area contributed by atoms with Crippen LogP contribution in [0.4, 0.5) is 0 Å². The highest BCUT2D eigenvalue weighted by Crippen LogP contribution is 2.40. The third kappa shape index (κ3) is 5.29. The number of allylic oxidation sites excluding steroid dienone is 1. The van der Waals surface area contributed by atoms with Gasteiger partial charge in [0.25, 0.3) is 0 Å². The van der Waals surface area contributed by atoms with Gasteiger partial charge in [0.15, 0.2) is 0 Å². The van der Waals surface area contributed by atoms with Crippen LogP contribution in [-0.2, 0) is 4.79 Å². The van der Waals surface area contributed by atoms with Crippen molar-refractivity contribution in [1.82, 2.24) is 5.32 Å². The van der Waals surface area contributed by atoms with Gasteiger partial charge in [-0.1, -0.05) is 38.0 Å². The van der Waals surface area contributed by atoms with E-state index in [9.17, 15) is 4.79 Å². The van der Waals surface area contributed by atoms with Crippen molar-refractivity contribution in [2.75, 3.05) is 20.3 Å². The fourth-order valence-electron chi connectivity index (χ4n) is 3.63. The molecule has 1 N–H and O–H groups in total. The Kier molecular flexibility index (Phi) is 7.76. The molecule has 5 heteroatoms. The van der Waals surface area contributed by atoms with Gasteiger partial charge in [0, 0.05) is 40.8 Å². The van der Waals surface area contributed by atoms with Crippen LogP contribution in [0.1, 0.15) is 45.6 Å². The molecule has 1 amide bonds. The van der Waals surface area contributed by atoms with Gasteiger partial charge in [0.2, 0.25) is 5.91 Å². The average molecular weight is 422 g/mol. The van der Waals surface area contributed by atoms with E-state index >= 15 is 0 Å². The number of methoxy groups -OCH3 is 1.